The summed E-state index contributed by atoms with van der Waals surface area (Å²) in [4.78, 5) is 24.7. The van der Waals surface area contributed by atoms with E-state index in [4.69, 9.17) is 21.1 Å². The molecule has 2 N–H and O–H groups in total. The van der Waals surface area contributed by atoms with Gasteiger partial charge < -0.3 is 14.8 Å². The Kier molecular flexibility index (Phi) is 7.21. The van der Waals surface area contributed by atoms with E-state index in [-0.39, 0.29) is 5.91 Å². The van der Waals surface area contributed by atoms with Gasteiger partial charge in [0.15, 0.2) is 0 Å². The first-order valence-electron chi connectivity index (χ1n) is 8.89. The van der Waals surface area contributed by atoms with Crippen LogP contribution in [-0.2, 0) is 6.42 Å². The normalized spacial score (nSPS) is 10.4. The van der Waals surface area contributed by atoms with Crippen LogP contribution in [-0.4, -0.2) is 42.8 Å². The van der Waals surface area contributed by atoms with Gasteiger partial charge in [-0.05, 0) is 36.4 Å². The SMILES string of the molecule is COc1cccc(C(=O)NCCc2nnc(NC(=O)c3cc(Cl)ccc3OC)s2)c1. The first-order chi connectivity index (χ1) is 14.5. The van der Waals surface area contributed by atoms with E-state index in [1.54, 1.807) is 43.5 Å². The highest BCUT2D eigenvalue weighted by Crippen LogP contribution is 2.24. The van der Waals surface area contributed by atoms with Crippen molar-refractivity contribution in [3.05, 3.63) is 63.6 Å². The molecule has 0 aliphatic carbocycles. The fraction of sp³-hybridized carbons (Fsp3) is 0.200. The minimum absolute atomic E-state index is 0.208. The summed E-state index contributed by atoms with van der Waals surface area (Å²) in [7, 11) is 3.02. The Bertz CT molecular complexity index is 1060. The Balaban J connectivity index is 1.54. The summed E-state index contributed by atoms with van der Waals surface area (Å²) >= 11 is 7.19. The van der Waals surface area contributed by atoms with Gasteiger partial charge in [-0.15, -0.1) is 10.2 Å². The molecule has 0 unspecified atom stereocenters. The molecule has 0 saturated heterocycles. The molecule has 0 aliphatic rings. The Morgan fingerprint density at radius 2 is 1.90 bits per heavy atom. The van der Waals surface area contributed by atoms with E-state index in [9.17, 15) is 9.59 Å². The number of benzene rings is 2. The maximum Gasteiger partial charge on any atom is 0.261 e. The zero-order valence-corrected chi connectivity index (χ0v) is 17.8. The number of halogens is 1. The van der Waals surface area contributed by atoms with E-state index >= 15 is 0 Å². The van der Waals surface area contributed by atoms with Gasteiger partial charge >= 0.3 is 0 Å². The highest BCUT2D eigenvalue weighted by molar-refractivity contribution is 7.15. The predicted octanol–water partition coefficient (Wildman–Crippen LogP) is 3.43. The van der Waals surface area contributed by atoms with Crippen molar-refractivity contribution in [1.29, 1.82) is 0 Å². The third-order valence-corrected chi connectivity index (χ3v) is 5.18. The second kappa shape index (κ2) is 10.0. The van der Waals surface area contributed by atoms with E-state index in [2.05, 4.69) is 20.8 Å². The van der Waals surface area contributed by atoms with Gasteiger partial charge in [0.25, 0.3) is 11.8 Å². The largest absolute Gasteiger partial charge is 0.497 e. The topological polar surface area (TPSA) is 102 Å². The number of anilines is 1. The molecule has 0 atom stereocenters. The fourth-order valence-corrected chi connectivity index (χ4v) is 3.48. The van der Waals surface area contributed by atoms with Crippen molar-refractivity contribution in [2.45, 2.75) is 6.42 Å². The third kappa shape index (κ3) is 5.46. The Morgan fingerprint density at radius 3 is 2.67 bits per heavy atom. The second-order valence-electron chi connectivity index (χ2n) is 6.04. The number of rotatable bonds is 8. The number of hydrogen-bond donors (Lipinski definition) is 2. The predicted molar refractivity (Wildman–Crippen MR) is 115 cm³/mol. The van der Waals surface area contributed by atoms with Crippen molar-refractivity contribution in [3.63, 3.8) is 0 Å². The Morgan fingerprint density at radius 1 is 1.07 bits per heavy atom. The van der Waals surface area contributed by atoms with Gasteiger partial charge in [-0.1, -0.05) is 29.0 Å². The van der Waals surface area contributed by atoms with Gasteiger partial charge in [0, 0.05) is 23.6 Å². The molecular weight excluding hydrogens is 428 g/mol. The summed E-state index contributed by atoms with van der Waals surface area (Å²) in [6.45, 7) is 0.376. The smallest absolute Gasteiger partial charge is 0.261 e. The first kappa shape index (κ1) is 21.5. The maximum absolute atomic E-state index is 12.5. The molecule has 0 spiro atoms. The summed E-state index contributed by atoms with van der Waals surface area (Å²) in [5.41, 5.74) is 0.808. The molecule has 2 aromatic carbocycles. The van der Waals surface area contributed by atoms with Crippen LogP contribution in [0.2, 0.25) is 5.02 Å². The molecule has 0 radical (unpaired) electrons. The van der Waals surface area contributed by atoms with Gasteiger partial charge in [-0.25, -0.2) is 0 Å². The molecule has 0 bridgehead atoms. The molecule has 8 nitrogen and oxygen atoms in total. The minimum atomic E-state index is -0.400. The highest BCUT2D eigenvalue weighted by atomic mass is 35.5. The quantitative estimate of drug-likeness (QED) is 0.549. The van der Waals surface area contributed by atoms with Gasteiger partial charge in [-0.2, -0.15) is 0 Å². The lowest BCUT2D eigenvalue weighted by atomic mass is 10.2. The average Bonchev–Trinajstić information content (AvgIpc) is 3.20. The molecular formula is C20H19ClN4O4S. The second-order valence-corrected chi connectivity index (χ2v) is 7.54. The number of nitrogens with one attached hydrogen (secondary N) is 2. The van der Waals surface area contributed by atoms with Crippen molar-refractivity contribution >= 4 is 39.9 Å². The minimum Gasteiger partial charge on any atom is -0.497 e. The zero-order valence-electron chi connectivity index (χ0n) is 16.3. The fourth-order valence-electron chi connectivity index (χ4n) is 2.58. The average molecular weight is 447 g/mol. The van der Waals surface area contributed by atoms with Crippen molar-refractivity contribution in [3.8, 4) is 11.5 Å². The number of amides is 2. The van der Waals surface area contributed by atoms with Crippen molar-refractivity contribution < 1.29 is 19.1 Å². The molecule has 0 saturated carbocycles. The van der Waals surface area contributed by atoms with Crippen LogP contribution in [0.25, 0.3) is 0 Å². The molecule has 30 heavy (non-hydrogen) atoms. The lowest BCUT2D eigenvalue weighted by Gasteiger charge is -2.07. The number of ether oxygens (including phenoxy) is 2. The van der Waals surface area contributed by atoms with Crippen LogP contribution in [0.4, 0.5) is 5.13 Å². The van der Waals surface area contributed by atoms with Gasteiger partial charge in [0.2, 0.25) is 5.13 Å². The van der Waals surface area contributed by atoms with E-state index in [1.165, 1.54) is 24.5 Å². The van der Waals surface area contributed by atoms with Crippen LogP contribution < -0.4 is 20.1 Å². The standard InChI is InChI=1S/C20H19ClN4O4S/c1-28-14-5-3-4-12(10-14)18(26)22-9-8-17-24-25-20(30-17)23-19(27)15-11-13(21)6-7-16(15)29-2/h3-7,10-11H,8-9H2,1-2H3,(H,22,26)(H,23,25,27). The molecule has 0 fully saturated rings. The van der Waals surface area contributed by atoms with E-state index in [1.807, 2.05) is 0 Å². The lowest BCUT2D eigenvalue weighted by molar-refractivity contribution is 0.0952. The van der Waals surface area contributed by atoms with Gasteiger partial charge in [0.05, 0.1) is 19.8 Å². The number of nitrogens with zero attached hydrogens (tertiary/aromatic N) is 2. The van der Waals surface area contributed by atoms with E-state index in [0.29, 0.717) is 50.8 Å². The number of carbonyl (C=O) groups excluding carboxylic acids is 2. The molecule has 1 aromatic heterocycles. The first-order valence-corrected chi connectivity index (χ1v) is 10.1. The summed E-state index contributed by atoms with van der Waals surface area (Å²) in [6.07, 6.45) is 0.476. The number of methoxy groups -OCH3 is 2. The molecule has 0 aliphatic heterocycles. The van der Waals surface area contributed by atoms with E-state index < -0.39 is 5.91 Å². The van der Waals surface area contributed by atoms with Crippen LogP contribution in [0.1, 0.15) is 25.7 Å². The number of carbonyl (C=O) groups is 2. The zero-order chi connectivity index (χ0) is 21.5. The molecule has 10 heteroatoms. The molecule has 1 heterocycles. The van der Waals surface area contributed by atoms with Crippen LogP contribution in [0.5, 0.6) is 11.5 Å². The summed E-state index contributed by atoms with van der Waals surface area (Å²) in [5.74, 6) is 0.411. The Labute approximate surface area is 182 Å². The number of aromatic nitrogens is 2. The summed E-state index contributed by atoms with van der Waals surface area (Å²) < 4.78 is 10.3. The van der Waals surface area contributed by atoms with Crippen LogP contribution in [0.3, 0.4) is 0 Å². The molecule has 3 aromatic rings. The monoisotopic (exact) mass is 446 g/mol. The van der Waals surface area contributed by atoms with Crippen LogP contribution in [0.15, 0.2) is 42.5 Å². The molecule has 3 rings (SSSR count). The highest BCUT2D eigenvalue weighted by Gasteiger charge is 2.15. The lowest BCUT2D eigenvalue weighted by Crippen LogP contribution is -2.25. The van der Waals surface area contributed by atoms with Crippen molar-refractivity contribution in [2.75, 3.05) is 26.1 Å². The van der Waals surface area contributed by atoms with Gasteiger partial charge in [-0.3, -0.25) is 14.9 Å². The summed E-state index contributed by atoms with van der Waals surface area (Å²) in [6, 6.07) is 11.7. The van der Waals surface area contributed by atoms with Crippen LogP contribution in [0, 0.1) is 0 Å². The molecule has 2 amide bonds. The van der Waals surface area contributed by atoms with Crippen molar-refractivity contribution in [2.24, 2.45) is 0 Å². The maximum atomic E-state index is 12.5. The Hall–Kier alpha value is -3.17. The van der Waals surface area contributed by atoms with Crippen LogP contribution >= 0.6 is 22.9 Å². The van der Waals surface area contributed by atoms with Crippen molar-refractivity contribution in [1.82, 2.24) is 15.5 Å². The summed E-state index contributed by atoms with van der Waals surface area (Å²) in [5, 5.41) is 15.0. The van der Waals surface area contributed by atoms with Gasteiger partial charge in [0.1, 0.15) is 16.5 Å². The van der Waals surface area contributed by atoms with E-state index in [0.717, 1.165) is 0 Å². The third-order valence-electron chi connectivity index (χ3n) is 4.05. The molecule has 156 valence electrons. The number of hydrogen-bond acceptors (Lipinski definition) is 7.